The molecule has 0 unspecified atom stereocenters. The van der Waals surface area contributed by atoms with Gasteiger partial charge in [-0.15, -0.1) is 11.6 Å². The van der Waals surface area contributed by atoms with Gasteiger partial charge < -0.3 is 9.47 Å². The van der Waals surface area contributed by atoms with Crippen LogP contribution in [0.4, 0.5) is 0 Å². The van der Waals surface area contributed by atoms with E-state index in [0.717, 1.165) is 38.0 Å². The molecule has 0 aromatic carbocycles. The van der Waals surface area contributed by atoms with Crippen molar-refractivity contribution in [3.8, 4) is 0 Å². The Hall–Kier alpha value is 0.170. The Morgan fingerprint density at radius 1 is 1.12 bits per heavy atom. The fourth-order valence-electron chi connectivity index (χ4n) is 2.47. The average molecular weight is 264 g/mol. The number of nitrogens with zero attached hydrogens (tertiary/aromatic N) is 1. The van der Waals surface area contributed by atoms with Crippen molar-refractivity contribution < 1.29 is 9.47 Å². The van der Waals surface area contributed by atoms with Gasteiger partial charge in [0, 0.05) is 38.7 Å². The summed E-state index contributed by atoms with van der Waals surface area (Å²) in [5.41, 5.74) is 0. The Labute approximate surface area is 110 Å². The summed E-state index contributed by atoms with van der Waals surface area (Å²) in [6.07, 6.45) is 6.56. The number of hydrogen-bond donors (Lipinski definition) is 0. The van der Waals surface area contributed by atoms with Crippen molar-refractivity contribution in [1.82, 2.24) is 4.90 Å². The molecule has 1 saturated carbocycles. The first-order chi connectivity index (χ1) is 8.38. The van der Waals surface area contributed by atoms with Gasteiger partial charge in [-0.1, -0.05) is 12.8 Å². The highest BCUT2D eigenvalue weighted by atomic mass is 35.5. The third-order valence-corrected chi connectivity index (χ3v) is 3.55. The minimum Gasteiger partial charge on any atom is -0.382 e. The zero-order valence-corrected chi connectivity index (χ0v) is 11.8. The predicted molar refractivity (Wildman–Crippen MR) is 71.9 cm³/mol. The highest BCUT2D eigenvalue weighted by Crippen LogP contribution is 2.23. The lowest BCUT2D eigenvalue weighted by Crippen LogP contribution is -2.36. The summed E-state index contributed by atoms with van der Waals surface area (Å²) in [7, 11) is 1.70. The Balaban J connectivity index is 2.07. The molecule has 0 aromatic rings. The molecule has 1 fully saturated rings. The molecule has 0 heterocycles. The van der Waals surface area contributed by atoms with Crippen LogP contribution in [-0.4, -0.2) is 56.8 Å². The van der Waals surface area contributed by atoms with Gasteiger partial charge in [0.2, 0.25) is 0 Å². The van der Waals surface area contributed by atoms with Gasteiger partial charge in [-0.2, -0.15) is 0 Å². The fourth-order valence-corrected chi connectivity index (χ4v) is 2.69. The maximum atomic E-state index is 5.87. The SMILES string of the molecule is COCCOCCCN(CCCl)C1CCCC1. The number of halogens is 1. The van der Waals surface area contributed by atoms with Crippen molar-refractivity contribution in [2.45, 2.75) is 38.1 Å². The van der Waals surface area contributed by atoms with Crippen molar-refractivity contribution in [1.29, 1.82) is 0 Å². The molecule has 0 saturated heterocycles. The molecule has 4 heteroatoms. The normalized spacial score (nSPS) is 17.1. The molecule has 3 nitrogen and oxygen atoms in total. The van der Waals surface area contributed by atoms with Crippen molar-refractivity contribution in [3.05, 3.63) is 0 Å². The van der Waals surface area contributed by atoms with Crippen LogP contribution in [-0.2, 0) is 9.47 Å². The molecule has 0 spiro atoms. The topological polar surface area (TPSA) is 21.7 Å². The molecule has 0 atom stereocenters. The molecule has 17 heavy (non-hydrogen) atoms. The molecule has 102 valence electrons. The second kappa shape index (κ2) is 10.1. The van der Waals surface area contributed by atoms with E-state index in [-0.39, 0.29) is 0 Å². The highest BCUT2D eigenvalue weighted by Gasteiger charge is 2.21. The molecule has 1 aliphatic carbocycles. The highest BCUT2D eigenvalue weighted by molar-refractivity contribution is 6.18. The van der Waals surface area contributed by atoms with Crippen LogP contribution in [0.3, 0.4) is 0 Å². The second-order valence-electron chi connectivity index (χ2n) is 4.62. The second-order valence-corrected chi connectivity index (χ2v) is 5.00. The van der Waals surface area contributed by atoms with Gasteiger partial charge in [-0.25, -0.2) is 0 Å². The average Bonchev–Trinajstić information content (AvgIpc) is 2.86. The summed E-state index contributed by atoms with van der Waals surface area (Å²) < 4.78 is 10.4. The van der Waals surface area contributed by atoms with Crippen molar-refractivity contribution in [2.24, 2.45) is 0 Å². The van der Waals surface area contributed by atoms with Crippen molar-refractivity contribution in [2.75, 3.05) is 45.9 Å². The lowest BCUT2D eigenvalue weighted by atomic mass is 10.2. The smallest absolute Gasteiger partial charge is 0.0700 e. The number of methoxy groups -OCH3 is 1. The summed E-state index contributed by atoms with van der Waals surface area (Å²) in [5, 5.41) is 0. The van der Waals surface area contributed by atoms with Gasteiger partial charge >= 0.3 is 0 Å². The maximum Gasteiger partial charge on any atom is 0.0700 e. The Morgan fingerprint density at radius 2 is 1.88 bits per heavy atom. The molecule has 0 aromatic heterocycles. The lowest BCUT2D eigenvalue weighted by Gasteiger charge is -2.27. The number of ether oxygens (including phenoxy) is 2. The third-order valence-electron chi connectivity index (χ3n) is 3.38. The standard InChI is InChI=1S/C13H26ClNO2/c1-16-11-12-17-10-4-8-15(9-7-14)13-5-2-3-6-13/h13H,2-12H2,1H3. The first-order valence-electron chi connectivity index (χ1n) is 6.75. The molecular formula is C13H26ClNO2. The Morgan fingerprint density at radius 3 is 2.53 bits per heavy atom. The number of alkyl halides is 1. The van der Waals surface area contributed by atoms with E-state index < -0.39 is 0 Å². The van der Waals surface area contributed by atoms with Crippen LogP contribution in [0.5, 0.6) is 0 Å². The largest absolute Gasteiger partial charge is 0.382 e. The molecule has 0 N–H and O–H groups in total. The van der Waals surface area contributed by atoms with Crippen LogP contribution < -0.4 is 0 Å². The molecule has 0 amide bonds. The summed E-state index contributed by atoms with van der Waals surface area (Å²) >= 11 is 5.87. The van der Waals surface area contributed by atoms with E-state index in [1.54, 1.807) is 7.11 Å². The molecule has 0 radical (unpaired) electrons. The molecule has 0 bridgehead atoms. The van der Waals surface area contributed by atoms with E-state index in [9.17, 15) is 0 Å². The molecule has 1 aliphatic rings. The van der Waals surface area contributed by atoms with Crippen molar-refractivity contribution in [3.63, 3.8) is 0 Å². The van der Waals surface area contributed by atoms with Crippen LogP contribution in [0.1, 0.15) is 32.1 Å². The van der Waals surface area contributed by atoms with Crippen LogP contribution in [0.15, 0.2) is 0 Å². The summed E-state index contributed by atoms with van der Waals surface area (Å²) in [5.74, 6) is 0.737. The van der Waals surface area contributed by atoms with E-state index >= 15 is 0 Å². The van der Waals surface area contributed by atoms with Gasteiger partial charge in [-0.05, 0) is 19.3 Å². The van der Waals surface area contributed by atoms with Gasteiger partial charge in [0.25, 0.3) is 0 Å². The minimum absolute atomic E-state index is 0.689. The lowest BCUT2D eigenvalue weighted by molar-refractivity contribution is 0.0632. The van der Waals surface area contributed by atoms with Gasteiger partial charge in [0.05, 0.1) is 13.2 Å². The fraction of sp³-hybridized carbons (Fsp3) is 1.00. The third kappa shape index (κ3) is 6.61. The van der Waals surface area contributed by atoms with E-state index in [2.05, 4.69) is 4.90 Å². The molecule has 0 aliphatic heterocycles. The Bertz CT molecular complexity index is 175. The zero-order chi connectivity index (χ0) is 12.3. The van der Waals surface area contributed by atoms with Crippen LogP contribution in [0.25, 0.3) is 0 Å². The van der Waals surface area contributed by atoms with Crippen LogP contribution >= 0.6 is 11.6 Å². The monoisotopic (exact) mass is 263 g/mol. The number of hydrogen-bond acceptors (Lipinski definition) is 3. The van der Waals surface area contributed by atoms with Gasteiger partial charge in [0.15, 0.2) is 0 Å². The van der Waals surface area contributed by atoms with Crippen LogP contribution in [0.2, 0.25) is 0 Å². The van der Waals surface area contributed by atoms with E-state index in [4.69, 9.17) is 21.1 Å². The quantitative estimate of drug-likeness (QED) is 0.447. The predicted octanol–water partition coefficient (Wildman–Crippen LogP) is 2.52. The first kappa shape index (κ1) is 15.2. The Kier molecular flexibility index (Phi) is 9.07. The summed E-state index contributed by atoms with van der Waals surface area (Å²) in [6.45, 7) is 4.35. The summed E-state index contributed by atoms with van der Waals surface area (Å²) in [4.78, 5) is 2.54. The molecular weight excluding hydrogens is 238 g/mol. The molecule has 1 rings (SSSR count). The van der Waals surface area contributed by atoms with E-state index in [1.165, 1.54) is 25.7 Å². The zero-order valence-electron chi connectivity index (χ0n) is 11.0. The van der Waals surface area contributed by atoms with E-state index in [1.807, 2.05) is 0 Å². The van der Waals surface area contributed by atoms with Gasteiger partial charge in [0.1, 0.15) is 0 Å². The minimum atomic E-state index is 0.689. The van der Waals surface area contributed by atoms with Gasteiger partial charge in [-0.3, -0.25) is 4.90 Å². The maximum absolute atomic E-state index is 5.87. The number of rotatable bonds is 10. The van der Waals surface area contributed by atoms with Crippen molar-refractivity contribution >= 4 is 11.6 Å². The summed E-state index contributed by atoms with van der Waals surface area (Å²) in [6, 6.07) is 0.771. The van der Waals surface area contributed by atoms with E-state index in [0.29, 0.717) is 13.2 Å². The first-order valence-corrected chi connectivity index (χ1v) is 7.28. The van der Waals surface area contributed by atoms with Crippen LogP contribution in [0, 0.1) is 0 Å².